The van der Waals surface area contributed by atoms with Crippen LogP contribution in [0.5, 0.6) is 0 Å². The number of hydrogen-bond acceptors (Lipinski definition) is 7. The second kappa shape index (κ2) is 4.61. The van der Waals surface area contributed by atoms with E-state index in [-0.39, 0.29) is 5.15 Å². The van der Waals surface area contributed by atoms with E-state index in [2.05, 4.69) is 15.1 Å². The molecule has 1 unspecified atom stereocenters. The molecule has 20 heavy (non-hydrogen) atoms. The minimum absolute atomic E-state index is 0.234. The number of aromatic nitrogens is 4. The molecule has 1 aliphatic rings. The second-order valence-corrected chi connectivity index (χ2v) is 5.23. The van der Waals surface area contributed by atoms with Crippen LogP contribution in [0.2, 0.25) is 5.15 Å². The van der Waals surface area contributed by atoms with Crippen molar-refractivity contribution in [3.05, 3.63) is 17.7 Å². The Morgan fingerprint density at radius 3 is 2.90 bits per heavy atom. The summed E-state index contributed by atoms with van der Waals surface area (Å²) in [7, 11) is 0. The third kappa shape index (κ3) is 1.80. The molecule has 0 bridgehead atoms. The molecular weight excluding hydrogens is 288 g/mol. The van der Waals surface area contributed by atoms with E-state index in [0.29, 0.717) is 11.0 Å². The van der Waals surface area contributed by atoms with Gasteiger partial charge in [-0.3, -0.25) is 0 Å². The van der Waals surface area contributed by atoms with Gasteiger partial charge in [0.15, 0.2) is 11.9 Å². The average Bonchev–Trinajstić information content (AvgIpc) is 2.92. The predicted molar refractivity (Wildman–Crippen MR) is 68.0 cm³/mol. The zero-order chi connectivity index (χ0) is 14.5. The largest absolute Gasteiger partial charge is 0.394 e. The third-order valence-electron chi connectivity index (χ3n) is 3.50. The van der Waals surface area contributed by atoms with Crippen molar-refractivity contribution in [3.63, 3.8) is 0 Å². The van der Waals surface area contributed by atoms with Crippen molar-refractivity contribution in [2.75, 3.05) is 6.61 Å². The van der Waals surface area contributed by atoms with Crippen LogP contribution in [0, 0.1) is 0 Å². The van der Waals surface area contributed by atoms with Crippen molar-refractivity contribution in [2.24, 2.45) is 0 Å². The fourth-order valence-electron chi connectivity index (χ4n) is 2.35. The normalized spacial score (nSPS) is 34.0. The highest BCUT2D eigenvalue weighted by Gasteiger charge is 2.53. The number of ether oxygens (including phenoxy) is 1. The van der Waals surface area contributed by atoms with E-state index < -0.39 is 30.6 Å². The molecule has 4 atom stereocenters. The molecule has 0 saturated carbocycles. The lowest BCUT2D eigenvalue weighted by molar-refractivity contribution is -0.100. The Morgan fingerprint density at radius 2 is 2.25 bits per heavy atom. The Kier molecular flexibility index (Phi) is 3.14. The number of aliphatic hydroxyl groups excluding tert-OH is 2. The molecule has 3 rings (SSSR count). The SMILES string of the molecule is CC1(O)[C@H](O)[C@@H](CO)O[C@H]1n1ncc2c(Cl)ncnc21. The monoisotopic (exact) mass is 300 g/mol. The molecule has 0 aliphatic carbocycles. The quantitative estimate of drug-likeness (QED) is 0.640. The van der Waals surface area contributed by atoms with Crippen LogP contribution in [0.25, 0.3) is 11.0 Å². The van der Waals surface area contributed by atoms with Gasteiger partial charge in [-0.05, 0) is 6.92 Å². The van der Waals surface area contributed by atoms with E-state index >= 15 is 0 Å². The van der Waals surface area contributed by atoms with Crippen LogP contribution in [-0.4, -0.2) is 59.5 Å². The van der Waals surface area contributed by atoms with E-state index in [0.717, 1.165) is 0 Å². The molecule has 108 valence electrons. The smallest absolute Gasteiger partial charge is 0.183 e. The Bertz CT molecular complexity index is 646. The standard InChI is InChI=1S/C11H13ClN4O4/c1-11(19)7(18)6(3-17)20-10(11)16-9-5(2-15-16)8(12)13-4-14-9/h2,4,6-7,10,17-19H,3H2,1H3/t6-,7-,10-,11?/m1/s1. The number of halogens is 1. The maximum Gasteiger partial charge on any atom is 0.183 e. The maximum absolute atomic E-state index is 10.4. The Morgan fingerprint density at radius 1 is 1.50 bits per heavy atom. The van der Waals surface area contributed by atoms with E-state index in [1.54, 1.807) is 0 Å². The van der Waals surface area contributed by atoms with Crippen molar-refractivity contribution >= 4 is 22.6 Å². The first kappa shape index (κ1) is 13.7. The third-order valence-corrected chi connectivity index (χ3v) is 3.80. The zero-order valence-corrected chi connectivity index (χ0v) is 11.3. The summed E-state index contributed by atoms with van der Waals surface area (Å²) in [5.41, 5.74) is -1.25. The average molecular weight is 301 g/mol. The minimum atomic E-state index is -1.62. The maximum atomic E-state index is 10.4. The Labute approximate surface area is 118 Å². The van der Waals surface area contributed by atoms with Gasteiger partial charge in [0.05, 0.1) is 18.2 Å². The first-order valence-corrected chi connectivity index (χ1v) is 6.35. The first-order valence-electron chi connectivity index (χ1n) is 5.97. The van der Waals surface area contributed by atoms with E-state index in [1.807, 2.05) is 0 Å². The predicted octanol–water partition coefficient (Wildman–Crippen LogP) is -0.519. The summed E-state index contributed by atoms with van der Waals surface area (Å²) in [6.07, 6.45) is -0.402. The van der Waals surface area contributed by atoms with Gasteiger partial charge in [0.25, 0.3) is 0 Å². The van der Waals surface area contributed by atoms with Gasteiger partial charge in [0.2, 0.25) is 0 Å². The number of nitrogens with zero attached hydrogens (tertiary/aromatic N) is 4. The molecule has 0 aromatic carbocycles. The van der Waals surface area contributed by atoms with Crippen molar-refractivity contribution < 1.29 is 20.1 Å². The molecule has 3 N–H and O–H groups in total. The van der Waals surface area contributed by atoms with E-state index in [9.17, 15) is 10.2 Å². The van der Waals surface area contributed by atoms with Crippen LogP contribution in [-0.2, 0) is 4.74 Å². The highest BCUT2D eigenvalue weighted by Crippen LogP contribution is 2.39. The first-order chi connectivity index (χ1) is 9.46. The van der Waals surface area contributed by atoms with Crippen LogP contribution in [0.15, 0.2) is 12.5 Å². The van der Waals surface area contributed by atoms with Gasteiger partial charge in [0, 0.05) is 0 Å². The molecule has 2 aromatic rings. The summed E-state index contributed by atoms with van der Waals surface area (Å²) in [6, 6.07) is 0. The Balaban J connectivity index is 2.10. The highest BCUT2D eigenvalue weighted by molar-refractivity contribution is 6.33. The lowest BCUT2D eigenvalue weighted by Gasteiger charge is -2.26. The van der Waals surface area contributed by atoms with E-state index in [4.69, 9.17) is 21.4 Å². The summed E-state index contributed by atoms with van der Waals surface area (Å²) < 4.78 is 6.80. The molecule has 8 nitrogen and oxygen atoms in total. The van der Waals surface area contributed by atoms with Gasteiger partial charge in [0.1, 0.15) is 29.3 Å². The number of hydrogen-bond donors (Lipinski definition) is 3. The van der Waals surface area contributed by atoms with Gasteiger partial charge in [-0.1, -0.05) is 11.6 Å². The van der Waals surface area contributed by atoms with Crippen molar-refractivity contribution in [2.45, 2.75) is 31.0 Å². The van der Waals surface area contributed by atoms with Crippen LogP contribution in [0.1, 0.15) is 13.2 Å². The fraction of sp³-hybridized carbons (Fsp3) is 0.545. The van der Waals surface area contributed by atoms with Crippen LogP contribution in [0.3, 0.4) is 0 Å². The lowest BCUT2D eigenvalue weighted by atomic mass is 9.97. The van der Waals surface area contributed by atoms with Crippen LogP contribution < -0.4 is 0 Å². The number of rotatable bonds is 2. The number of aliphatic hydroxyl groups is 3. The van der Waals surface area contributed by atoms with Crippen molar-refractivity contribution in [1.82, 2.24) is 19.7 Å². The molecule has 2 aromatic heterocycles. The molecule has 3 heterocycles. The summed E-state index contributed by atoms with van der Waals surface area (Å²) in [5, 5.41) is 34.4. The summed E-state index contributed by atoms with van der Waals surface area (Å²) in [4.78, 5) is 7.90. The minimum Gasteiger partial charge on any atom is -0.394 e. The van der Waals surface area contributed by atoms with Gasteiger partial charge in [-0.25, -0.2) is 14.6 Å². The lowest BCUT2D eigenvalue weighted by Crippen LogP contribution is -2.44. The summed E-state index contributed by atoms with van der Waals surface area (Å²) >= 11 is 5.94. The number of fused-ring (bicyclic) bond motifs is 1. The van der Waals surface area contributed by atoms with Crippen LogP contribution >= 0.6 is 11.6 Å². The molecule has 1 fully saturated rings. The second-order valence-electron chi connectivity index (χ2n) is 4.87. The molecule has 0 amide bonds. The Hall–Kier alpha value is -1.32. The molecule has 0 spiro atoms. The van der Waals surface area contributed by atoms with Gasteiger partial charge >= 0.3 is 0 Å². The molecule has 1 saturated heterocycles. The molecule has 0 radical (unpaired) electrons. The van der Waals surface area contributed by atoms with Crippen molar-refractivity contribution in [3.8, 4) is 0 Å². The van der Waals surface area contributed by atoms with Gasteiger partial charge in [-0.15, -0.1) is 0 Å². The molecule has 9 heteroatoms. The van der Waals surface area contributed by atoms with Gasteiger partial charge in [-0.2, -0.15) is 5.10 Å². The molecular formula is C11H13ClN4O4. The topological polar surface area (TPSA) is 114 Å². The van der Waals surface area contributed by atoms with Gasteiger partial charge < -0.3 is 20.1 Å². The summed E-state index contributed by atoms with van der Waals surface area (Å²) in [5.74, 6) is 0. The zero-order valence-electron chi connectivity index (χ0n) is 10.5. The van der Waals surface area contributed by atoms with Crippen molar-refractivity contribution in [1.29, 1.82) is 0 Å². The molecule has 1 aliphatic heterocycles. The highest BCUT2D eigenvalue weighted by atomic mass is 35.5. The summed E-state index contributed by atoms with van der Waals surface area (Å²) in [6.45, 7) is 0.997. The fourth-order valence-corrected chi connectivity index (χ4v) is 2.53. The van der Waals surface area contributed by atoms with Crippen LogP contribution in [0.4, 0.5) is 0 Å². The van der Waals surface area contributed by atoms with E-state index in [1.165, 1.54) is 24.1 Å².